The van der Waals surface area contributed by atoms with Crippen molar-refractivity contribution in [1.82, 2.24) is 5.32 Å². The second kappa shape index (κ2) is 6.71. The van der Waals surface area contributed by atoms with Gasteiger partial charge in [0.15, 0.2) is 0 Å². The van der Waals surface area contributed by atoms with Gasteiger partial charge in [-0.1, -0.05) is 60.5 Å². The molecule has 1 N–H and O–H groups in total. The van der Waals surface area contributed by atoms with Crippen molar-refractivity contribution < 1.29 is 0 Å². The van der Waals surface area contributed by atoms with E-state index in [2.05, 4.69) is 68.6 Å². The van der Waals surface area contributed by atoms with Gasteiger partial charge in [0, 0.05) is 6.04 Å². The molecular formula is C19H25N. The summed E-state index contributed by atoms with van der Waals surface area (Å²) < 4.78 is 0. The Hall–Kier alpha value is -1.60. The van der Waals surface area contributed by atoms with Crippen LogP contribution in [0.25, 0.3) is 0 Å². The summed E-state index contributed by atoms with van der Waals surface area (Å²) in [5.41, 5.74) is 6.85. The molecule has 0 amide bonds. The van der Waals surface area contributed by atoms with Gasteiger partial charge in [-0.3, -0.25) is 0 Å². The highest BCUT2D eigenvalue weighted by molar-refractivity contribution is 5.31. The minimum Gasteiger partial charge on any atom is -0.313 e. The summed E-state index contributed by atoms with van der Waals surface area (Å²) in [5, 5.41) is 3.44. The molecule has 0 fully saturated rings. The molecule has 0 saturated heterocycles. The predicted octanol–water partition coefficient (Wildman–Crippen LogP) is 4.37. The van der Waals surface area contributed by atoms with Crippen LogP contribution in [0.15, 0.2) is 42.5 Å². The molecule has 0 saturated carbocycles. The van der Waals surface area contributed by atoms with Crippen LogP contribution in [-0.4, -0.2) is 7.05 Å². The standard InChI is InChI=1S/C19H25N/c1-5-16-6-8-18(9-7-16)19(20-4)13-17-11-14(2)10-15(3)12-17/h6-12,19-20H,5,13H2,1-4H3. The molecule has 2 rings (SSSR count). The van der Waals surface area contributed by atoms with E-state index < -0.39 is 0 Å². The van der Waals surface area contributed by atoms with E-state index in [1.807, 2.05) is 7.05 Å². The predicted molar refractivity (Wildman–Crippen MR) is 87.2 cm³/mol. The van der Waals surface area contributed by atoms with Crippen molar-refractivity contribution in [3.8, 4) is 0 Å². The largest absolute Gasteiger partial charge is 0.313 e. The Morgan fingerprint density at radius 3 is 2.00 bits per heavy atom. The number of nitrogens with one attached hydrogen (secondary N) is 1. The highest BCUT2D eigenvalue weighted by Crippen LogP contribution is 2.20. The maximum atomic E-state index is 3.44. The van der Waals surface area contributed by atoms with E-state index in [0.29, 0.717) is 6.04 Å². The van der Waals surface area contributed by atoms with Crippen LogP contribution >= 0.6 is 0 Å². The molecule has 0 bridgehead atoms. The average molecular weight is 267 g/mol. The van der Waals surface area contributed by atoms with Crippen LogP contribution in [0, 0.1) is 13.8 Å². The summed E-state index contributed by atoms with van der Waals surface area (Å²) in [6, 6.07) is 16.2. The zero-order valence-corrected chi connectivity index (χ0v) is 13.0. The van der Waals surface area contributed by atoms with Gasteiger partial charge >= 0.3 is 0 Å². The molecule has 0 radical (unpaired) electrons. The minimum atomic E-state index is 0.377. The fraction of sp³-hybridized carbons (Fsp3) is 0.368. The van der Waals surface area contributed by atoms with Crippen LogP contribution in [0.4, 0.5) is 0 Å². The molecule has 1 atom stereocenters. The van der Waals surface area contributed by atoms with Gasteiger partial charge in [-0.25, -0.2) is 0 Å². The Bertz CT molecular complexity index is 534. The van der Waals surface area contributed by atoms with Gasteiger partial charge < -0.3 is 5.32 Å². The van der Waals surface area contributed by atoms with Gasteiger partial charge in [0.2, 0.25) is 0 Å². The maximum Gasteiger partial charge on any atom is 0.0358 e. The van der Waals surface area contributed by atoms with Crippen molar-refractivity contribution in [2.24, 2.45) is 0 Å². The second-order valence-electron chi connectivity index (χ2n) is 5.64. The normalized spacial score (nSPS) is 12.4. The third kappa shape index (κ3) is 3.71. The first-order valence-electron chi connectivity index (χ1n) is 7.45. The third-order valence-electron chi connectivity index (χ3n) is 3.86. The Morgan fingerprint density at radius 1 is 0.900 bits per heavy atom. The Balaban J connectivity index is 2.19. The highest BCUT2D eigenvalue weighted by atomic mass is 14.9. The highest BCUT2D eigenvalue weighted by Gasteiger charge is 2.10. The number of benzene rings is 2. The fourth-order valence-corrected chi connectivity index (χ4v) is 2.79. The topological polar surface area (TPSA) is 12.0 Å². The zero-order chi connectivity index (χ0) is 14.5. The molecule has 106 valence electrons. The average Bonchev–Trinajstić information content (AvgIpc) is 2.44. The van der Waals surface area contributed by atoms with Crippen LogP contribution in [-0.2, 0) is 12.8 Å². The van der Waals surface area contributed by atoms with Gasteiger partial charge in [0.1, 0.15) is 0 Å². The molecular weight excluding hydrogens is 242 g/mol. The van der Waals surface area contributed by atoms with E-state index >= 15 is 0 Å². The summed E-state index contributed by atoms with van der Waals surface area (Å²) in [6.07, 6.45) is 2.13. The van der Waals surface area contributed by atoms with Crippen molar-refractivity contribution in [3.63, 3.8) is 0 Å². The molecule has 2 aromatic rings. The first kappa shape index (κ1) is 14.8. The van der Waals surface area contributed by atoms with E-state index in [1.54, 1.807) is 0 Å². The van der Waals surface area contributed by atoms with Gasteiger partial charge in [0.25, 0.3) is 0 Å². The molecule has 2 aromatic carbocycles. The summed E-state index contributed by atoms with van der Waals surface area (Å²) in [7, 11) is 2.04. The van der Waals surface area contributed by atoms with Crippen molar-refractivity contribution in [3.05, 3.63) is 70.3 Å². The van der Waals surface area contributed by atoms with E-state index in [0.717, 1.165) is 12.8 Å². The van der Waals surface area contributed by atoms with E-state index in [9.17, 15) is 0 Å². The molecule has 0 heterocycles. The molecule has 0 aliphatic rings. The Morgan fingerprint density at radius 2 is 1.50 bits per heavy atom. The fourth-order valence-electron chi connectivity index (χ4n) is 2.79. The van der Waals surface area contributed by atoms with Crippen molar-refractivity contribution in [1.29, 1.82) is 0 Å². The number of hydrogen-bond donors (Lipinski definition) is 1. The molecule has 0 aromatic heterocycles. The third-order valence-corrected chi connectivity index (χ3v) is 3.86. The van der Waals surface area contributed by atoms with Gasteiger partial charge in [-0.2, -0.15) is 0 Å². The first-order chi connectivity index (χ1) is 9.62. The number of hydrogen-bond acceptors (Lipinski definition) is 1. The van der Waals surface area contributed by atoms with Crippen LogP contribution in [0.3, 0.4) is 0 Å². The van der Waals surface area contributed by atoms with Crippen LogP contribution in [0.1, 0.15) is 40.8 Å². The summed E-state index contributed by atoms with van der Waals surface area (Å²) in [5.74, 6) is 0. The minimum absolute atomic E-state index is 0.377. The molecule has 1 heteroatoms. The summed E-state index contributed by atoms with van der Waals surface area (Å²) in [6.45, 7) is 6.53. The number of likely N-dealkylation sites (N-methyl/N-ethyl adjacent to an activating group) is 1. The van der Waals surface area contributed by atoms with Crippen molar-refractivity contribution in [2.75, 3.05) is 7.05 Å². The van der Waals surface area contributed by atoms with Crippen LogP contribution in [0.5, 0.6) is 0 Å². The van der Waals surface area contributed by atoms with Crippen molar-refractivity contribution in [2.45, 2.75) is 39.7 Å². The lowest BCUT2D eigenvalue weighted by Gasteiger charge is -2.18. The summed E-state index contributed by atoms with van der Waals surface area (Å²) in [4.78, 5) is 0. The number of aryl methyl sites for hydroxylation is 3. The Kier molecular flexibility index (Phi) is 4.97. The zero-order valence-electron chi connectivity index (χ0n) is 13.0. The monoisotopic (exact) mass is 267 g/mol. The molecule has 0 spiro atoms. The van der Waals surface area contributed by atoms with Gasteiger partial charge in [-0.15, -0.1) is 0 Å². The van der Waals surface area contributed by atoms with Gasteiger partial charge in [0.05, 0.1) is 0 Å². The maximum absolute atomic E-state index is 3.44. The second-order valence-corrected chi connectivity index (χ2v) is 5.64. The lowest BCUT2D eigenvalue weighted by molar-refractivity contribution is 0.591. The smallest absolute Gasteiger partial charge is 0.0358 e. The molecule has 0 aliphatic carbocycles. The van der Waals surface area contributed by atoms with E-state index in [1.165, 1.54) is 27.8 Å². The van der Waals surface area contributed by atoms with Crippen LogP contribution in [0.2, 0.25) is 0 Å². The summed E-state index contributed by atoms with van der Waals surface area (Å²) >= 11 is 0. The number of rotatable bonds is 5. The lowest BCUT2D eigenvalue weighted by Crippen LogP contribution is -2.19. The lowest BCUT2D eigenvalue weighted by atomic mass is 9.96. The van der Waals surface area contributed by atoms with Gasteiger partial charge in [-0.05, 0) is 50.4 Å². The van der Waals surface area contributed by atoms with Crippen LogP contribution < -0.4 is 5.32 Å². The Labute approximate surface area is 123 Å². The van der Waals surface area contributed by atoms with E-state index in [4.69, 9.17) is 0 Å². The molecule has 1 unspecified atom stereocenters. The SMILES string of the molecule is CCc1ccc(C(Cc2cc(C)cc(C)c2)NC)cc1. The van der Waals surface area contributed by atoms with E-state index in [-0.39, 0.29) is 0 Å². The van der Waals surface area contributed by atoms with Crippen molar-refractivity contribution >= 4 is 0 Å². The molecule has 20 heavy (non-hydrogen) atoms. The quantitative estimate of drug-likeness (QED) is 0.848. The first-order valence-corrected chi connectivity index (χ1v) is 7.45. The molecule has 1 nitrogen and oxygen atoms in total. The molecule has 0 aliphatic heterocycles.